The third-order valence-electron chi connectivity index (χ3n) is 9.95. The molecule has 2 N–H and O–H groups in total. The Hall–Kier alpha value is -3.46. The van der Waals surface area contributed by atoms with Crippen LogP contribution in [0.25, 0.3) is 21.8 Å². The van der Waals surface area contributed by atoms with Crippen LogP contribution >= 0.6 is 0 Å². The molecule has 0 aliphatic heterocycles. The van der Waals surface area contributed by atoms with Gasteiger partial charge >= 0.3 is 0 Å². The number of methoxy groups -OCH3 is 1. The highest BCUT2D eigenvalue weighted by Crippen LogP contribution is 2.72. The van der Waals surface area contributed by atoms with Gasteiger partial charge in [0, 0.05) is 60.8 Å². The van der Waals surface area contributed by atoms with Crippen molar-refractivity contribution in [1.82, 2.24) is 24.9 Å². The minimum atomic E-state index is -0.536. The van der Waals surface area contributed by atoms with E-state index in [0.717, 1.165) is 40.7 Å². The molecule has 4 aliphatic carbocycles. The van der Waals surface area contributed by atoms with Crippen molar-refractivity contribution in [3.8, 4) is 5.75 Å². The number of hydrogen-bond donors (Lipinski definition) is 2. The van der Waals surface area contributed by atoms with Gasteiger partial charge in [-0.3, -0.25) is 14.2 Å². The van der Waals surface area contributed by atoms with E-state index in [2.05, 4.69) is 20.8 Å². The topological polar surface area (TPSA) is 86.0 Å². The minimum absolute atomic E-state index is 0.0194. The van der Waals surface area contributed by atoms with E-state index in [9.17, 15) is 4.79 Å². The van der Waals surface area contributed by atoms with Crippen molar-refractivity contribution in [2.75, 3.05) is 12.4 Å². The Kier molecular flexibility index (Phi) is 4.83. The average Bonchev–Trinajstić information content (AvgIpc) is 3.47. The number of carbonyl (C=O) groups excluding carboxylic acids is 1. The van der Waals surface area contributed by atoms with Crippen LogP contribution in [-0.4, -0.2) is 44.7 Å². The van der Waals surface area contributed by atoms with E-state index in [-0.39, 0.29) is 11.0 Å². The van der Waals surface area contributed by atoms with Crippen LogP contribution in [0.15, 0.2) is 30.6 Å². The van der Waals surface area contributed by atoms with Crippen LogP contribution in [0.4, 0.5) is 10.1 Å². The number of nitrogens with zero attached hydrogens (tertiary/aromatic N) is 4. The van der Waals surface area contributed by atoms with Gasteiger partial charge in [-0.25, -0.2) is 4.39 Å². The molecule has 1 amide bonds. The smallest absolute Gasteiger partial charge is 0.261 e. The van der Waals surface area contributed by atoms with Gasteiger partial charge in [0.1, 0.15) is 22.6 Å². The number of carbonyl (C=O) groups is 1. The van der Waals surface area contributed by atoms with Crippen LogP contribution < -0.4 is 15.4 Å². The summed E-state index contributed by atoms with van der Waals surface area (Å²) >= 11 is 0. The molecule has 2 aromatic carbocycles. The zero-order valence-electron chi connectivity index (χ0n) is 22.5. The number of ether oxygens (including phenoxy) is 1. The van der Waals surface area contributed by atoms with Crippen molar-refractivity contribution in [2.24, 2.45) is 31.8 Å². The Morgan fingerprint density at radius 1 is 1.05 bits per heavy atom. The molecule has 9 heteroatoms. The van der Waals surface area contributed by atoms with Gasteiger partial charge in [0.25, 0.3) is 5.91 Å². The van der Waals surface area contributed by atoms with Crippen molar-refractivity contribution in [3.05, 3.63) is 47.5 Å². The van der Waals surface area contributed by atoms with Crippen LogP contribution in [-0.2, 0) is 19.5 Å². The van der Waals surface area contributed by atoms with Crippen LogP contribution in [0, 0.1) is 23.6 Å². The quantitative estimate of drug-likeness (QED) is 0.380. The molecule has 4 aliphatic rings. The molecule has 0 spiro atoms. The molecular weight excluding hydrogens is 495 g/mol. The summed E-state index contributed by atoms with van der Waals surface area (Å²) in [7, 11) is 5.21. The molecule has 4 fully saturated rings. The third-order valence-corrected chi connectivity index (χ3v) is 9.95. The van der Waals surface area contributed by atoms with E-state index in [1.807, 2.05) is 26.5 Å². The molecule has 8 rings (SSSR count). The first-order chi connectivity index (χ1) is 18.8. The second kappa shape index (κ2) is 8.03. The van der Waals surface area contributed by atoms with E-state index in [4.69, 9.17) is 4.74 Å². The lowest BCUT2D eigenvalue weighted by Gasteiger charge is -2.71. The standard InChI is InChI=1S/C30H33FN6O2/c1-36-13-17-8-24(25(39-3)10-23(17)34-36)33-29(38)26-22(31)9-21(20-14-37(2)35-28(20)26)30-11-15-6-19(32-18-4-5-18)7-16(12-30)27(15)30/h8-10,13-16,18-19,27,32H,4-7,11-12H2,1-3H3,(H,33,38)/t15-,16+,19?,27?,30?. The third kappa shape index (κ3) is 3.41. The normalized spacial score (nSPS) is 29.1. The summed E-state index contributed by atoms with van der Waals surface area (Å²) < 4.78 is 24.9. The fourth-order valence-electron chi connectivity index (χ4n) is 8.43. The first kappa shape index (κ1) is 23.4. The number of hydrogen-bond acceptors (Lipinski definition) is 5. The monoisotopic (exact) mass is 528 g/mol. The second-order valence-electron chi connectivity index (χ2n) is 12.4. The molecule has 3 unspecified atom stereocenters. The van der Waals surface area contributed by atoms with E-state index in [1.165, 1.54) is 25.7 Å². The Labute approximate surface area is 225 Å². The zero-order valence-corrected chi connectivity index (χ0v) is 22.5. The van der Waals surface area contributed by atoms with E-state index >= 15 is 4.39 Å². The van der Waals surface area contributed by atoms with Crippen molar-refractivity contribution in [2.45, 2.75) is 56.0 Å². The minimum Gasteiger partial charge on any atom is -0.494 e. The summed E-state index contributed by atoms with van der Waals surface area (Å²) in [6.45, 7) is 0. The first-order valence-corrected chi connectivity index (χ1v) is 14.1. The lowest BCUT2D eigenvalue weighted by atomic mass is 9.33. The zero-order chi connectivity index (χ0) is 26.6. The Balaban J connectivity index is 1.13. The number of fused-ring (bicyclic) bond motifs is 2. The fourth-order valence-corrected chi connectivity index (χ4v) is 8.43. The fraction of sp³-hybridized carbons (Fsp3) is 0.500. The lowest BCUT2D eigenvalue weighted by Crippen LogP contribution is -2.68. The summed E-state index contributed by atoms with van der Waals surface area (Å²) in [5, 5.41) is 17.5. The SMILES string of the molecule is COc1cc2nn(C)cc2cc1NC(=O)c1c(F)cc(C23C[C@H]4CC(NC5CC5)C[C@@H](C2)C43)c2cn(C)nc12. The largest absolute Gasteiger partial charge is 0.494 e. The maximum atomic E-state index is 16.0. The van der Waals surface area contributed by atoms with Gasteiger partial charge in [-0.15, -0.1) is 0 Å². The maximum absolute atomic E-state index is 16.0. The van der Waals surface area contributed by atoms with E-state index < -0.39 is 11.7 Å². The number of aryl methyl sites for hydroxylation is 2. The van der Waals surface area contributed by atoms with Crippen LogP contribution in [0.3, 0.4) is 0 Å². The predicted octanol–water partition coefficient (Wildman–Crippen LogP) is 4.67. The van der Waals surface area contributed by atoms with Gasteiger partial charge in [0.2, 0.25) is 0 Å². The molecular formula is C30H33FN6O2. The number of halogens is 1. The van der Waals surface area contributed by atoms with Gasteiger partial charge in [0.15, 0.2) is 0 Å². The number of aromatic nitrogens is 4. The number of rotatable bonds is 6. The van der Waals surface area contributed by atoms with Gasteiger partial charge < -0.3 is 15.4 Å². The molecule has 2 aromatic heterocycles. The summed E-state index contributed by atoms with van der Waals surface area (Å²) in [6.07, 6.45) is 11.2. The molecule has 4 aromatic rings. The van der Waals surface area contributed by atoms with Crippen LogP contribution in [0.1, 0.15) is 54.4 Å². The Bertz CT molecular complexity index is 1650. The average molecular weight is 529 g/mol. The Morgan fingerprint density at radius 2 is 1.79 bits per heavy atom. The summed E-state index contributed by atoms with van der Waals surface area (Å²) in [6, 6.07) is 6.60. The number of benzene rings is 2. The van der Waals surface area contributed by atoms with Crippen molar-refractivity contribution < 1.29 is 13.9 Å². The lowest BCUT2D eigenvalue weighted by molar-refractivity contribution is -0.158. The number of amides is 1. The van der Waals surface area contributed by atoms with Gasteiger partial charge in [-0.2, -0.15) is 10.2 Å². The highest BCUT2D eigenvalue weighted by molar-refractivity contribution is 6.13. The van der Waals surface area contributed by atoms with Gasteiger partial charge in [-0.05, 0) is 74.0 Å². The van der Waals surface area contributed by atoms with Crippen LogP contribution in [0.2, 0.25) is 0 Å². The number of anilines is 1. The van der Waals surface area contributed by atoms with Gasteiger partial charge in [0.05, 0.1) is 18.3 Å². The molecule has 8 nitrogen and oxygen atoms in total. The molecule has 2 heterocycles. The van der Waals surface area contributed by atoms with Crippen molar-refractivity contribution in [3.63, 3.8) is 0 Å². The molecule has 0 bridgehead atoms. The molecule has 5 atom stereocenters. The predicted molar refractivity (Wildman–Crippen MR) is 146 cm³/mol. The maximum Gasteiger partial charge on any atom is 0.261 e. The van der Waals surface area contributed by atoms with Crippen LogP contribution in [0.5, 0.6) is 5.75 Å². The Morgan fingerprint density at radius 3 is 2.51 bits per heavy atom. The van der Waals surface area contributed by atoms with E-state index in [0.29, 0.717) is 40.7 Å². The summed E-state index contributed by atoms with van der Waals surface area (Å²) in [5.74, 6) is 1.46. The van der Waals surface area contributed by atoms with Crippen molar-refractivity contribution in [1.29, 1.82) is 0 Å². The number of nitrogens with one attached hydrogen (secondary N) is 2. The highest BCUT2D eigenvalue weighted by Gasteiger charge is 2.67. The van der Waals surface area contributed by atoms with Crippen molar-refractivity contribution >= 4 is 33.4 Å². The molecule has 202 valence electrons. The first-order valence-electron chi connectivity index (χ1n) is 14.1. The molecule has 4 saturated carbocycles. The van der Waals surface area contributed by atoms with E-state index in [1.54, 1.807) is 34.7 Å². The summed E-state index contributed by atoms with van der Waals surface area (Å²) in [4.78, 5) is 13.6. The molecule has 0 radical (unpaired) electrons. The molecule has 0 saturated heterocycles. The molecule has 39 heavy (non-hydrogen) atoms. The highest BCUT2D eigenvalue weighted by atomic mass is 19.1. The summed E-state index contributed by atoms with van der Waals surface area (Å²) in [5.41, 5.74) is 2.68. The van der Waals surface area contributed by atoms with Gasteiger partial charge in [-0.1, -0.05) is 0 Å². The second-order valence-corrected chi connectivity index (χ2v) is 12.4.